The Morgan fingerprint density at radius 3 is 2.89 bits per heavy atom. The van der Waals surface area contributed by atoms with Crippen LogP contribution < -0.4 is 0 Å². The molecule has 1 aromatic heterocycles. The van der Waals surface area contributed by atoms with Crippen molar-refractivity contribution in [1.29, 1.82) is 0 Å². The molecule has 19 heavy (non-hydrogen) atoms. The fourth-order valence-corrected chi connectivity index (χ4v) is 4.29. The van der Waals surface area contributed by atoms with Crippen molar-refractivity contribution < 1.29 is 9.59 Å². The molecule has 0 spiro atoms. The molecule has 2 saturated heterocycles. The van der Waals surface area contributed by atoms with Crippen LogP contribution >= 0.6 is 27.3 Å². The minimum atomic E-state index is -0.210. The van der Waals surface area contributed by atoms with Gasteiger partial charge in [0.05, 0.1) is 10.3 Å². The topological polar surface area (TPSA) is 40.6 Å². The minimum Gasteiger partial charge on any atom is -0.329 e. The highest BCUT2D eigenvalue weighted by atomic mass is 79.9. The van der Waals surface area contributed by atoms with Crippen LogP contribution in [0.25, 0.3) is 0 Å². The molecule has 0 bridgehead atoms. The number of amides is 2. The van der Waals surface area contributed by atoms with Crippen molar-refractivity contribution in [3.8, 4) is 0 Å². The van der Waals surface area contributed by atoms with E-state index >= 15 is 0 Å². The first-order chi connectivity index (χ1) is 9.15. The third-order valence-corrected chi connectivity index (χ3v) is 5.33. The maximum absolute atomic E-state index is 12.4. The van der Waals surface area contributed by atoms with Crippen LogP contribution in [0.1, 0.15) is 24.1 Å². The van der Waals surface area contributed by atoms with Crippen LogP contribution in [0.5, 0.6) is 0 Å². The Balaban J connectivity index is 1.75. The number of halogens is 1. The summed E-state index contributed by atoms with van der Waals surface area (Å²) in [5, 5.41) is 0. The second kappa shape index (κ2) is 5.25. The molecule has 0 aromatic carbocycles. The molecule has 2 aliphatic heterocycles. The number of thiophene rings is 1. The summed E-state index contributed by atoms with van der Waals surface area (Å²) >= 11 is 5.03. The maximum Gasteiger partial charge on any atom is 0.246 e. The Labute approximate surface area is 124 Å². The molecule has 1 aromatic rings. The van der Waals surface area contributed by atoms with E-state index in [0.717, 1.165) is 34.5 Å². The molecule has 1 unspecified atom stereocenters. The van der Waals surface area contributed by atoms with Gasteiger partial charge in [0.15, 0.2) is 0 Å². The number of piperidine rings is 1. The van der Waals surface area contributed by atoms with Crippen LogP contribution in [-0.2, 0) is 16.1 Å². The first-order valence-corrected chi connectivity index (χ1v) is 8.08. The van der Waals surface area contributed by atoms with Gasteiger partial charge in [-0.25, -0.2) is 0 Å². The van der Waals surface area contributed by atoms with Gasteiger partial charge in [-0.2, -0.15) is 0 Å². The number of rotatable bonds is 2. The van der Waals surface area contributed by atoms with Gasteiger partial charge in [0.2, 0.25) is 11.8 Å². The highest BCUT2D eigenvalue weighted by Gasteiger charge is 2.40. The van der Waals surface area contributed by atoms with Crippen molar-refractivity contribution in [1.82, 2.24) is 9.80 Å². The Kier molecular flexibility index (Phi) is 3.62. The van der Waals surface area contributed by atoms with Crippen LogP contribution in [0, 0.1) is 0 Å². The van der Waals surface area contributed by atoms with Crippen LogP contribution in [0.4, 0.5) is 0 Å². The third kappa shape index (κ3) is 2.56. The van der Waals surface area contributed by atoms with Gasteiger partial charge in [-0.05, 0) is 47.3 Å². The number of hydrogen-bond donors (Lipinski definition) is 0. The zero-order valence-corrected chi connectivity index (χ0v) is 12.9. The van der Waals surface area contributed by atoms with E-state index in [1.54, 1.807) is 21.1 Å². The number of carbonyl (C=O) groups is 2. The van der Waals surface area contributed by atoms with Crippen molar-refractivity contribution in [2.75, 3.05) is 13.1 Å². The highest BCUT2D eigenvalue weighted by Crippen LogP contribution is 2.27. The molecule has 3 rings (SSSR count). The summed E-state index contributed by atoms with van der Waals surface area (Å²) in [7, 11) is 0. The normalized spacial score (nSPS) is 23.7. The summed E-state index contributed by atoms with van der Waals surface area (Å²) in [6, 6.07) is 3.77. The van der Waals surface area contributed by atoms with Gasteiger partial charge in [0, 0.05) is 11.4 Å². The summed E-state index contributed by atoms with van der Waals surface area (Å²) < 4.78 is 1.05. The predicted molar refractivity (Wildman–Crippen MR) is 76.8 cm³/mol. The van der Waals surface area contributed by atoms with Crippen LogP contribution in [-0.4, -0.2) is 40.7 Å². The molecule has 2 fully saturated rings. The lowest BCUT2D eigenvalue weighted by Gasteiger charge is -2.42. The average Bonchev–Trinajstić information content (AvgIpc) is 2.81. The fourth-order valence-electron chi connectivity index (χ4n) is 2.79. The lowest BCUT2D eigenvalue weighted by molar-refractivity contribution is -0.158. The number of piperazine rings is 1. The zero-order valence-electron chi connectivity index (χ0n) is 10.5. The van der Waals surface area contributed by atoms with Gasteiger partial charge in [0.25, 0.3) is 0 Å². The van der Waals surface area contributed by atoms with Gasteiger partial charge in [0.1, 0.15) is 12.6 Å². The van der Waals surface area contributed by atoms with E-state index in [1.165, 1.54) is 0 Å². The van der Waals surface area contributed by atoms with Crippen LogP contribution in [0.3, 0.4) is 0 Å². The van der Waals surface area contributed by atoms with E-state index in [0.29, 0.717) is 6.54 Å². The number of fused-ring (bicyclic) bond motifs is 1. The lowest BCUT2D eigenvalue weighted by Crippen LogP contribution is -2.60. The Morgan fingerprint density at radius 2 is 2.16 bits per heavy atom. The van der Waals surface area contributed by atoms with Gasteiger partial charge >= 0.3 is 0 Å². The minimum absolute atomic E-state index is 0.0971. The van der Waals surface area contributed by atoms with Gasteiger partial charge in [-0.3, -0.25) is 9.59 Å². The molecular formula is C13H15BrN2O2S. The van der Waals surface area contributed by atoms with E-state index in [4.69, 9.17) is 0 Å². The SMILES string of the molecule is O=C1C2CCCCN2C(=O)CN1Cc1ccc(Br)s1. The molecule has 3 heterocycles. The van der Waals surface area contributed by atoms with E-state index in [9.17, 15) is 9.59 Å². The summed E-state index contributed by atoms with van der Waals surface area (Å²) in [4.78, 5) is 29.1. The van der Waals surface area contributed by atoms with Crippen molar-refractivity contribution in [3.63, 3.8) is 0 Å². The Bertz CT molecular complexity index is 516. The largest absolute Gasteiger partial charge is 0.329 e. The molecular weight excluding hydrogens is 328 g/mol. The zero-order chi connectivity index (χ0) is 13.4. The van der Waals surface area contributed by atoms with Crippen molar-refractivity contribution in [2.45, 2.75) is 31.8 Å². The molecule has 4 nitrogen and oxygen atoms in total. The summed E-state index contributed by atoms with van der Waals surface area (Å²) in [6.45, 7) is 1.52. The number of hydrogen-bond acceptors (Lipinski definition) is 3. The Hall–Kier alpha value is -0.880. The Morgan fingerprint density at radius 1 is 1.32 bits per heavy atom. The summed E-state index contributed by atoms with van der Waals surface area (Å²) in [5.74, 6) is 0.212. The fraction of sp³-hybridized carbons (Fsp3) is 0.538. The third-order valence-electron chi connectivity index (χ3n) is 3.72. The maximum atomic E-state index is 12.4. The van der Waals surface area contributed by atoms with Gasteiger partial charge in [-0.15, -0.1) is 11.3 Å². The van der Waals surface area contributed by atoms with Crippen molar-refractivity contribution in [3.05, 3.63) is 20.8 Å². The molecule has 102 valence electrons. The first-order valence-electron chi connectivity index (χ1n) is 6.47. The van der Waals surface area contributed by atoms with Crippen LogP contribution in [0.2, 0.25) is 0 Å². The highest BCUT2D eigenvalue weighted by molar-refractivity contribution is 9.11. The lowest BCUT2D eigenvalue weighted by atomic mass is 9.98. The summed E-state index contributed by atoms with van der Waals surface area (Å²) in [6.07, 6.45) is 2.88. The van der Waals surface area contributed by atoms with Crippen molar-refractivity contribution >= 4 is 39.1 Å². The standard InChI is InChI=1S/C13H15BrN2O2S/c14-11-5-4-9(19-11)7-15-8-12(17)16-6-2-1-3-10(16)13(15)18/h4-5,10H,1-3,6-8H2. The van der Waals surface area contributed by atoms with E-state index in [1.807, 2.05) is 12.1 Å². The summed E-state index contributed by atoms with van der Waals surface area (Å²) in [5.41, 5.74) is 0. The molecule has 0 radical (unpaired) electrons. The number of nitrogens with zero attached hydrogens (tertiary/aromatic N) is 2. The predicted octanol–water partition coefficient (Wildman–Crippen LogP) is 2.23. The van der Waals surface area contributed by atoms with E-state index < -0.39 is 0 Å². The molecule has 6 heteroatoms. The average molecular weight is 343 g/mol. The van der Waals surface area contributed by atoms with E-state index in [-0.39, 0.29) is 24.4 Å². The molecule has 2 amide bonds. The van der Waals surface area contributed by atoms with E-state index in [2.05, 4.69) is 15.9 Å². The molecule has 1 atom stereocenters. The first kappa shape index (κ1) is 13.1. The van der Waals surface area contributed by atoms with Crippen molar-refractivity contribution in [2.24, 2.45) is 0 Å². The second-order valence-corrected chi connectivity index (χ2v) is 7.55. The second-order valence-electron chi connectivity index (χ2n) is 5.00. The molecule has 0 saturated carbocycles. The van der Waals surface area contributed by atoms with Gasteiger partial charge in [-0.1, -0.05) is 0 Å². The smallest absolute Gasteiger partial charge is 0.246 e. The molecule has 2 aliphatic rings. The quantitative estimate of drug-likeness (QED) is 0.826. The van der Waals surface area contributed by atoms with Crippen LogP contribution in [0.15, 0.2) is 15.9 Å². The molecule has 0 N–H and O–H groups in total. The van der Waals surface area contributed by atoms with Gasteiger partial charge < -0.3 is 9.80 Å². The number of carbonyl (C=O) groups excluding carboxylic acids is 2. The monoisotopic (exact) mass is 342 g/mol. The molecule has 0 aliphatic carbocycles.